The first-order valence-electron chi connectivity index (χ1n) is 6.47. The fourth-order valence-electron chi connectivity index (χ4n) is 1.69. The van der Waals surface area contributed by atoms with Gasteiger partial charge in [-0.25, -0.2) is 4.79 Å². The third-order valence-electron chi connectivity index (χ3n) is 2.77. The van der Waals surface area contributed by atoms with E-state index in [9.17, 15) is 9.59 Å². The lowest BCUT2D eigenvalue weighted by atomic mass is 9.95. The Kier molecular flexibility index (Phi) is 4.93. The summed E-state index contributed by atoms with van der Waals surface area (Å²) in [7, 11) is 0. The lowest BCUT2D eigenvalue weighted by molar-refractivity contribution is -0.149. The second-order valence-electron chi connectivity index (χ2n) is 5.47. The number of allylic oxidation sites excluding steroid dienone is 1. The van der Waals surface area contributed by atoms with E-state index in [1.54, 1.807) is 27.7 Å². The van der Waals surface area contributed by atoms with Crippen LogP contribution < -0.4 is 0 Å². The number of carbonyl (C=O) groups excluding carboxylic acids is 2. The highest BCUT2D eigenvalue weighted by Crippen LogP contribution is 2.29. The first kappa shape index (κ1) is 14.7. The first-order valence-corrected chi connectivity index (χ1v) is 6.47. The van der Waals surface area contributed by atoms with Crippen LogP contribution in [0.5, 0.6) is 0 Å². The van der Waals surface area contributed by atoms with Crippen LogP contribution in [0.25, 0.3) is 0 Å². The highest BCUT2D eigenvalue weighted by atomic mass is 16.5. The largest absolute Gasteiger partial charge is 0.463 e. The maximum Gasteiger partial charge on any atom is 0.337 e. The number of carbonyl (C=O) groups is 2. The Morgan fingerprint density at radius 2 is 1.78 bits per heavy atom. The van der Waals surface area contributed by atoms with E-state index in [0.29, 0.717) is 30.8 Å². The summed E-state index contributed by atoms with van der Waals surface area (Å²) in [5.41, 5.74) is -0.0368. The molecule has 0 saturated carbocycles. The van der Waals surface area contributed by atoms with Gasteiger partial charge in [-0.3, -0.25) is 4.79 Å². The molecule has 0 bridgehead atoms. The molecule has 0 unspecified atom stereocenters. The fourth-order valence-corrected chi connectivity index (χ4v) is 1.69. The van der Waals surface area contributed by atoms with Crippen molar-refractivity contribution >= 4 is 11.9 Å². The monoisotopic (exact) mass is 254 g/mol. The van der Waals surface area contributed by atoms with Crippen LogP contribution >= 0.6 is 0 Å². The highest BCUT2D eigenvalue weighted by molar-refractivity contribution is 5.90. The zero-order valence-corrected chi connectivity index (χ0v) is 11.7. The van der Waals surface area contributed by atoms with Crippen molar-refractivity contribution in [3.05, 3.63) is 11.3 Å². The summed E-state index contributed by atoms with van der Waals surface area (Å²) >= 11 is 0. The van der Waals surface area contributed by atoms with Gasteiger partial charge in [0.05, 0.1) is 17.6 Å². The Bertz CT molecular complexity index is 360. The van der Waals surface area contributed by atoms with Gasteiger partial charge in [-0.15, -0.1) is 0 Å². The van der Waals surface area contributed by atoms with E-state index in [1.807, 2.05) is 0 Å². The molecule has 0 aromatic heterocycles. The standard InChI is InChI=1S/C14H22O4/c1-5-17-12(15)10-8-6-7-9-11(10)18-13(16)14(2,3)4/h5-9H2,1-4H3. The Labute approximate surface area is 108 Å². The predicted molar refractivity (Wildman–Crippen MR) is 67.7 cm³/mol. The maximum absolute atomic E-state index is 11.9. The summed E-state index contributed by atoms with van der Waals surface area (Å²) in [6, 6.07) is 0. The third-order valence-corrected chi connectivity index (χ3v) is 2.77. The minimum absolute atomic E-state index is 0.304. The van der Waals surface area contributed by atoms with Gasteiger partial charge in [0, 0.05) is 6.42 Å². The lowest BCUT2D eigenvalue weighted by Crippen LogP contribution is -2.25. The van der Waals surface area contributed by atoms with Crippen LogP contribution in [-0.4, -0.2) is 18.5 Å². The molecular formula is C14H22O4. The molecular weight excluding hydrogens is 232 g/mol. The van der Waals surface area contributed by atoms with E-state index >= 15 is 0 Å². The smallest absolute Gasteiger partial charge is 0.337 e. The van der Waals surface area contributed by atoms with Crippen molar-refractivity contribution in [2.45, 2.75) is 53.4 Å². The van der Waals surface area contributed by atoms with Crippen molar-refractivity contribution in [2.24, 2.45) is 5.41 Å². The molecule has 0 amide bonds. The minimum atomic E-state index is -0.565. The van der Waals surface area contributed by atoms with Gasteiger partial charge in [0.25, 0.3) is 0 Å². The number of esters is 2. The second-order valence-corrected chi connectivity index (χ2v) is 5.47. The molecule has 4 heteroatoms. The fraction of sp³-hybridized carbons (Fsp3) is 0.714. The first-order chi connectivity index (χ1) is 8.36. The van der Waals surface area contributed by atoms with Gasteiger partial charge in [-0.1, -0.05) is 0 Å². The lowest BCUT2D eigenvalue weighted by Gasteiger charge is -2.22. The molecule has 1 aliphatic rings. The van der Waals surface area contributed by atoms with Crippen LogP contribution in [0, 0.1) is 5.41 Å². The highest BCUT2D eigenvalue weighted by Gasteiger charge is 2.28. The zero-order chi connectivity index (χ0) is 13.8. The van der Waals surface area contributed by atoms with Crippen LogP contribution in [0.4, 0.5) is 0 Å². The predicted octanol–water partition coefficient (Wildman–Crippen LogP) is 2.97. The van der Waals surface area contributed by atoms with Gasteiger partial charge in [-0.05, 0) is 47.0 Å². The molecule has 0 fully saturated rings. The van der Waals surface area contributed by atoms with E-state index in [1.165, 1.54) is 0 Å². The van der Waals surface area contributed by atoms with Crippen LogP contribution in [0.1, 0.15) is 53.4 Å². The molecule has 0 atom stereocenters. The van der Waals surface area contributed by atoms with Crippen LogP contribution in [0.15, 0.2) is 11.3 Å². The van der Waals surface area contributed by atoms with Crippen molar-refractivity contribution < 1.29 is 19.1 Å². The van der Waals surface area contributed by atoms with E-state index in [2.05, 4.69) is 0 Å². The number of hydrogen-bond acceptors (Lipinski definition) is 4. The van der Waals surface area contributed by atoms with Crippen molar-refractivity contribution in [1.29, 1.82) is 0 Å². The third kappa shape index (κ3) is 3.86. The molecule has 1 rings (SSSR count). The molecule has 0 aliphatic heterocycles. The van der Waals surface area contributed by atoms with Gasteiger partial charge >= 0.3 is 11.9 Å². The average Bonchev–Trinajstić information content (AvgIpc) is 2.28. The number of rotatable bonds is 3. The molecule has 0 aromatic carbocycles. The van der Waals surface area contributed by atoms with Crippen molar-refractivity contribution in [3.8, 4) is 0 Å². The summed E-state index contributed by atoms with van der Waals surface area (Å²) in [6.07, 6.45) is 3.14. The molecule has 0 spiro atoms. The molecule has 0 radical (unpaired) electrons. The number of hydrogen-bond donors (Lipinski definition) is 0. The van der Waals surface area contributed by atoms with E-state index in [4.69, 9.17) is 9.47 Å². The average molecular weight is 254 g/mol. The van der Waals surface area contributed by atoms with E-state index < -0.39 is 5.41 Å². The quantitative estimate of drug-likeness (QED) is 0.726. The van der Waals surface area contributed by atoms with Gasteiger partial charge < -0.3 is 9.47 Å². The van der Waals surface area contributed by atoms with Gasteiger partial charge in [0.1, 0.15) is 5.76 Å². The van der Waals surface area contributed by atoms with E-state index in [-0.39, 0.29) is 11.9 Å². The Morgan fingerprint density at radius 3 is 2.33 bits per heavy atom. The molecule has 0 aromatic rings. The Hall–Kier alpha value is -1.32. The van der Waals surface area contributed by atoms with Gasteiger partial charge in [0.15, 0.2) is 0 Å². The molecule has 4 nitrogen and oxygen atoms in total. The SMILES string of the molecule is CCOC(=O)C1=C(OC(=O)C(C)(C)C)CCCC1. The van der Waals surface area contributed by atoms with Crippen LogP contribution in [0.3, 0.4) is 0 Å². The molecule has 18 heavy (non-hydrogen) atoms. The summed E-state index contributed by atoms with van der Waals surface area (Å²) in [5, 5.41) is 0. The Balaban J connectivity index is 2.86. The Morgan fingerprint density at radius 1 is 1.17 bits per heavy atom. The van der Waals surface area contributed by atoms with Crippen molar-refractivity contribution in [1.82, 2.24) is 0 Å². The van der Waals surface area contributed by atoms with Crippen molar-refractivity contribution in [3.63, 3.8) is 0 Å². The molecule has 0 heterocycles. The molecule has 0 N–H and O–H groups in total. The second kappa shape index (κ2) is 6.03. The van der Waals surface area contributed by atoms with Crippen LogP contribution in [0.2, 0.25) is 0 Å². The maximum atomic E-state index is 11.9. The normalized spacial score (nSPS) is 16.4. The minimum Gasteiger partial charge on any atom is -0.463 e. The van der Waals surface area contributed by atoms with E-state index in [0.717, 1.165) is 12.8 Å². The van der Waals surface area contributed by atoms with Gasteiger partial charge in [0.2, 0.25) is 0 Å². The number of ether oxygens (including phenoxy) is 2. The van der Waals surface area contributed by atoms with Gasteiger partial charge in [-0.2, -0.15) is 0 Å². The summed E-state index contributed by atoms with van der Waals surface area (Å²) in [5.74, 6) is -0.158. The molecule has 102 valence electrons. The summed E-state index contributed by atoms with van der Waals surface area (Å²) in [4.78, 5) is 23.6. The molecule has 1 aliphatic carbocycles. The summed E-state index contributed by atoms with van der Waals surface area (Å²) < 4.78 is 10.4. The zero-order valence-electron chi connectivity index (χ0n) is 11.7. The van der Waals surface area contributed by atoms with Crippen LogP contribution in [-0.2, 0) is 19.1 Å². The summed E-state index contributed by atoms with van der Waals surface area (Å²) in [6.45, 7) is 7.49. The topological polar surface area (TPSA) is 52.6 Å². The molecule has 0 saturated heterocycles. The van der Waals surface area contributed by atoms with Crippen molar-refractivity contribution in [2.75, 3.05) is 6.61 Å².